The number of nitro benzene ring substituents is 2. The highest BCUT2D eigenvalue weighted by atomic mass is 16.7. The lowest BCUT2D eigenvalue weighted by Crippen LogP contribution is -2.37. The second kappa shape index (κ2) is 8.05. The van der Waals surface area contributed by atoms with Crippen LogP contribution in [0, 0.1) is 26.1 Å². The third kappa shape index (κ3) is 3.35. The van der Waals surface area contributed by atoms with Gasteiger partial charge >= 0.3 is 0 Å². The van der Waals surface area contributed by atoms with Crippen molar-refractivity contribution < 1.29 is 24.3 Å². The summed E-state index contributed by atoms with van der Waals surface area (Å²) < 4.78 is 0. The van der Waals surface area contributed by atoms with Crippen molar-refractivity contribution in [3.63, 3.8) is 0 Å². The summed E-state index contributed by atoms with van der Waals surface area (Å²) in [5.74, 6) is -2.04. The highest BCUT2D eigenvalue weighted by Gasteiger charge is 2.60. The van der Waals surface area contributed by atoms with Gasteiger partial charge in [0, 0.05) is 24.3 Å². The number of imide groups is 1. The number of anilines is 2. The van der Waals surface area contributed by atoms with Gasteiger partial charge < -0.3 is 0 Å². The summed E-state index contributed by atoms with van der Waals surface area (Å²) in [6.45, 7) is 0. The van der Waals surface area contributed by atoms with Gasteiger partial charge in [-0.3, -0.25) is 34.7 Å². The first-order chi connectivity index (χ1) is 16.4. The number of hydrogen-bond donors (Lipinski definition) is 0. The number of amides is 2. The van der Waals surface area contributed by atoms with E-state index in [-0.39, 0.29) is 17.1 Å². The molecule has 0 radical (unpaired) electrons. The summed E-state index contributed by atoms with van der Waals surface area (Å²) >= 11 is 0. The van der Waals surface area contributed by atoms with Gasteiger partial charge in [0.1, 0.15) is 5.92 Å². The lowest BCUT2D eigenvalue weighted by atomic mass is 9.90. The van der Waals surface area contributed by atoms with Crippen molar-refractivity contribution in [2.45, 2.75) is 12.1 Å². The van der Waals surface area contributed by atoms with Crippen LogP contribution in [0.4, 0.5) is 22.7 Å². The molecule has 0 N–H and O–H groups in total. The van der Waals surface area contributed by atoms with Gasteiger partial charge in [0.15, 0.2) is 6.10 Å². The Kier molecular flexibility index (Phi) is 5.02. The molecule has 0 aliphatic carbocycles. The van der Waals surface area contributed by atoms with Gasteiger partial charge in [-0.1, -0.05) is 30.3 Å². The van der Waals surface area contributed by atoms with Crippen LogP contribution in [0.25, 0.3) is 0 Å². The second-order valence-corrected chi connectivity index (χ2v) is 7.79. The first-order valence-corrected chi connectivity index (χ1v) is 10.2. The van der Waals surface area contributed by atoms with E-state index in [1.165, 1.54) is 53.6 Å². The van der Waals surface area contributed by atoms with Gasteiger partial charge in [-0.25, -0.2) is 9.96 Å². The average molecular weight is 460 g/mol. The number of para-hydroxylation sites is 1. The molecule has 3 atom stereocenters. The van der Waals surface area contributed by atoms with Crippen molar-refractivity contribution in [3.05, 3.63) is 105 Å². The fourth-order valence-electron chi connectivity index (χ4n) is 4.32. The summed E-state index contributed by atoms with van der Waals surface area (Å²) in [6, 6.07) is 19.0. The Labute approximate surface area is 192 Å². The van der Waals surface area contributed by atoms with Gasteiger partial charge in [0.25, 0.3) is 17.3 Å². The zero-order valence-electron chi connectivity index (χ0n) is 17.4. The minimum absolute atomic E-state index is 0.105. The monoisotopic (exact) mass is 460 g/mol. The molecule has 0 aromatic heterocycles. The van der Waals surface area contributed by atoms with Crippen LogP contribution in [0.3, 0.4) is 0 Å². The maximum atomic E-state index is 13.5. The summed E-state index contributed by atoms with van der Waals surface area (Å²) in [5.41, 5.74) is 1.11. The number of rotatable bonds is 5. The van der Waals surface area contributed by atoms with Gasteiger partial charge in [0.05, 0.1) is 27.3 Å². The number of benzene rings is 3. The van der Waals surface area contributed by atoms with Crippen molar-refractivity contribution >= 4 is 34.6 Å². The van der Waals surface area contributed by atoms with E-state index in [0.29, 0.717) is 11.3 Å². The summed E-state index contributed by atoms with van der Waals surface area (Å²) in [5, 5.41) is 23.5. The lowest BCUT2D eigenvalue weighted by molar-refractivity contribution is -0.385. The van der Waals surface area contributed by atoms with Crippen molar-refractivity contribution in [2.75, 3.05) is 9.96 Å². The molecule has 2 saturated heterocycles. The van der Waals surface area contributed by atoms with Gasteiger partial charge in [-0.15, -0.1) is 0 Å². The quantitative estimate of drug-likeness (QED) is 0.320. The molecule has 2 amide bonds. The molecule has 2 heterocycles. The number of nitro groups is 2. The SMILES string of the molecule is O=C1[C@H]2[C@@H](c3ccc([N+](=O)[O-])cc3)N(c3ccccc3)O[C@H]2C(=O)N1c1ccc([N+](=O)[O-])cc1. The van der Waals surface area contributed by atoms with Crippen LogP contribution < -0.4 is 9.96 Å². The zero-order chi connectivity index (χ0) is 24.0. The van der Waals surface area contributed by atoms with E-state index in [2.05, 4.69) is 0 Å². The number of hydrogen-bond acceptors (Lipinski definition) is 8. The standard InChI is InChI=1S/C23H16N4O7/c28-22-19-20(14-6-8-17(9-7-14)26(30)31)25(16-4-2-1-3-5-16)34-21(19)23(29)24(22)15-10-12-18(13-11-15)27(32)33/h1-13,19-21H/t19-,20+,21+/m0/s1. The van der Waals surface area contributed by atoms with Crippen LogP contribution in [0.15, 0.2) is 78.9 Å². The van der Waals surface area contributed by atoms with E-state index in [1.807, 2.05) is 6.07 Å². The zero-order valence-corrected chi connectivity index (χ0v) is 17.4. The molecule has 0 unspecified atom stereocenters. The molecule has 34 heavy (non-hydrogen) atoms. The molecule has 2 fully saturated rings. The molecule has 2 aliphatic heterocycles. The molecule has 0 spiro atoms. The molecular formula is C23H16N4O7. The molecule has 3 aromatic carbocycles. The molecule has 11 heteroatoms. The van der Waals surface area contributed by atoms with Crippen molar-refractivity contribution in [3.8, 4) is 0 Å². The van der Waals surface area contributed by atoms with Crippen LogP contribution in [-0.4, -0.2) is 27.8 Å². The summed E-state index contributed by atoms with van der Waals surface area (Å²) in [6.07, 6.45) is -1.12. The summed E-state index contributed by atoms with van der Waals surface area (Å²) in [7, 11) is 0. The molecule has 5 rings (SSSR count). The molecule has 0 bridgehead atoms. The molecule has 0 saturated carbocycles. The van der Waals surface area contributed by atoms with E-state index in [9.17, 15) is 29.8 Å². The molecule has 3 aromatic rings. The van der Waals surface area contributed by atoms with Gasteiger partial charge in [0.2, 0.25) is 5.91 Å². The third-order valence-corrected chi connectivity index (χ3v) is 5.89. The van der Waals surface area contributed by atoms with Crippen LogP contribution >= 0.6 is 0 Å². The van der Waals surface area contributed by atoms with E-state index < -0.39 is 39.7 Å². The predicted octanol–water partition coefficient (Wildman–Crippen LogP) is 3.55. The Bertz CT molecular complexity index is 1300. The largest absolute Gasteiger partial charge is 0.273 e. The van der Waals surface area contributed by atoms with Crippen LogP contribution in [0.1, 0.15) is 11.6 Å². The molecular weight excluding hydrogens is 444 g/mol. The Morgan fingerprint density at radius 3 is 1.82 bits per heavy atom. The topological polar surface area (TPSA) is 136 Å². The number of carbonyl (C=O) groups excluding carboxylic acids is 2. The molecule has 170 valence electrons. The van der Waals surface area contributed by atoms with Crippen molar-refractivity contribution in [2.24, 2.45) is 5.92 Å². The van der Waals surface area contributed by atoms with E-state index in [1.54, 1.807) is 24.3 Å². The lowest BCUT2D eigenvalue weighted by Gasteiger charge is -2.28. The van der Waals surface area contributed by atoms with E-state index in [0.717, 1.165) is 4.90 Å². The van der Waals surface area contributed by atoms with E-state index in [4.69, 9.17) is 4.84 Å². The number of nitrogens with zero attached hydrogens (tertiary/aromatic N) is 4. The number of carbonyl (C=O) groups is 2. The highest BCUT2D eigenvalue weighted by molar-refractivity contribution is 6.24. The Hall–Kier alpha value is -4.64. The number of non-ortho nitro benzene ring substituents is 2. The predicted molar refractivity (Wildman–Crippen MR) is 119 cm³/mol. The fourth-order valence-corrected chi connectivity index (χ4v) is 4.32. The summed E-state index contributed by atoms with van der Waals surface area (Å²) in [4.78, 5) is 54.7. The molecule has 11 nitrogen and oxygen atoms in total. The molecule has 2 aliphatic rings. The smallest absolute Gasteiger partial charge is 0.269 e. The highest BCUT2D eigenvalue weighted by Crippen LogP contribution is 2.47. The van der Waals surface area contributed by atoms with Crippen molar-refractivity contribution in [1.29, 1.82) is 0 Å². The number of fused-ring (bicyclic) bond motifs is 1. The average Bonchev–Trinajstić information content (AvgIpc) is 3.35. The Balaban J connectivity index is 1.55. The van der Waals surface area contributed by atoms with Crippen LogP contribution in [-0.2, 0) is 14.4 Å². The third-order valence-electron chi connectivity index (χ3n) is 5.89. The number of hydroxylamine groups is 1. The minimum atomic E-state index is -1.12. The maximum Gasteiger partial charge on any atom is 0.269 e. The first kappa shape index (κ1) is 21.2. The van der Waals surface area contributed by atoms with Crippen LogP contribution in [0.5, 0.6) is 0 Å². The first-order valence-electron chi connectivity index (χ1n) is 10.2. The second-order valence-electron chi connectivity index (χ2n) is 7.79. The van der Waals surface area contributed by atoms with Gasteiger partial charge in [-0.2, -0.15) is 0 Å². The maximum absolute atomic E-state index is 13.5. The van der Waals surface area contributed by atoms with Gasteiger partial charge in [-0.05, 0) is 29.8 Å². The normalized spacial score (nSPS) is 21.6. The fraction of sp³-hybridized carbons (Fsp3) is 0.130. The van der Waals surface area contributed by atoms with Crippen molar-refractivity contribution in [1.82, 2.24) is 0 Å². The minimum Gasteiger partial charge on any atom is -0.273 e. The Morgan fingerprint density at radius 2 is 1.26 bits per heavy atom. The van der Waals surface area contributed by atoms with Crippen LogP contribution in [0.2, 0.25) is 0 Å². The van der Waals surface area contributed by atoms with E-state index >= 15 is 0 Å². The Morgan fingerprint density at radius 1 is 0.706 bits per heavy atom.